The van der Waals surface area contributed by atoms with Crippen LogP contribution in [-0.4, -0.2) is 30.3 Å². The molecule has 0 amide bonds. The third-order valence-electron chi connectivity index (χ3n) is 3.68. The number of aromatic nitrogens is 1. The maximum Gasteiger partial charge on any atom is 0.336 e. The van der Waals surface area contributed by atoms with E-state index in [1.165, 1.54) is 7.11 Å². The van der Waals surface area contributed by atoms with E-state index in [9.17, 15) is 9.90 Å². The molecule has 0 aliphatic heterocycles. The van der Waals surface area contributed by atoms with Crippen LogP contribution in [-0.2, 0) is 0 Å². The Morgan fingerprint density at radius 2 is 1.79 bits per heavy atom. The second-order valence-corrected chi connectivity index (χ2v) is 5.53. The van der Waals surface area contributed by atoms with E-state index in [0.717, 1.165) is 5.56 Å². The number of hydrogen-bond acceptors (Lipinski definition) is 4. The highest BCUT2D eigenvalue weighted by Gasteiger charge is 2.14. The van der Waals surface area contributed by atoms with E-state index in [1.54, 1.807) is 49.6 Å². The first kappa shape index (κ1) is 16.1. The van der Waals surface area contributed by atoms with Gasteiger partial charge in [0.15, 0.2) is 11.5 Å². The molecule has 0 saturated heterocycles. The molecule has 6 heteroatoms. The molecule has 3 rings (SSSR count). The van der Waals surface area contributed by atoms with Crippen molar-refractivity contribution in [1.82, 2.24) is 4.98 Å². The summed E-state index contributed by atoms with van der Waals surface area (Å²) in [6.07, 6.45) is 0. The van der Waals surface area contributed by atoms with Crippen molar-refractivity contribution in [2.75, 3.05) is 14.2 Å². The minimum atomic E-state index is -1.02. The zero-order chi connectivity index (χ0) is 17.3. The molecule has 3 aromatic rings. The van der Waals surface area contributed by atoms with Gasteiger partial charge in [0.05, 0.1) is 31.0 Å². The zero-order valence-corrected chi connectivity index (χ0v) is 13.8. The van der Waals surface area contributed by atoms with Crippen molar-refractivity contribution < 1.29 is 19.4 Å². The maximum atomic E-state index is 11.6. The number of pyridine rings is 1. The van der Waals surface area contributed by atoms with Crippen LogP contribution in [0, 0.1) is 0 Å². The number of rotatable bonds is 4. The van der Waals surface area contributed by atoms with Crippen molar-refractivity contribution in [1.29, 1.82) is 0 Å². The Labute approximate surface area is 143 Å². The number of ether oxygens (including phenoxy) is 2. The average Bonchev–Trinajstić information content (AvgIpc) is 2.59. The number of aromatic carboxylic acids is 1. The van der Waals surface area contributed by atoms with Crippen LogP contribution in [0.15, 0.2) is 42.5 Å². The summed E-state index contributed by atoms with van der Waals surface area (Å²) >= 11 is 6.01. The molecule has 1 heterocycles. The Hall–Kier alpha value is -2.79. The van der Waals surface area contributed by atoms with Crippen LogP contribution in [0.3, 0.4) is 0 Å². The van der Waals surface area contributed by atoms with Gasteiger partial charge in [-0.1, -0.05) is 17.7 Å². The second kappa shape index (κ2) is 6.37. The largest absolute Gasteiger partial charge is 0.493 e. The SMILES string of the molecule is COc1ccc(-c2cc(C(=O)O)c3ccc(Cl)cc3n2)cc1OC. The van der Waals surface area contributed by atoms with E-state index in [4.69, 9.17) is 21.1 Å². The van der Waals surface area contributed by atoms with E-state index >= 15 is 0 Å². The topological polar surface area (TPSA) is 68.7 Å². The van der Waals surface area contributed by atoms with E-state index in [2.05, 4.69) is 4.98 Å². The molecule has 0 radical (unpaired) electrons. The quantitative estimate of drug-likeness (QED) is 0.766. The van der Waals surface area contributed by atoms with Crippen molar-refractivity contribution in [3.63, 3.8) is 0 Å². The second-order valence-electron chi connectivity index (χ2n) is 5.09. The fourth-order valence-electron chi connectivity index (χ4n) is 2.52. The van der Waals surface area contributed by atoms with Crippen molar-refractivity contribution in [3.05, 3.63) is 53.1 Å². The Morgan fingerprint density at radius 3 is 2.46 bits per heavy atom. The van der Waals surface area contributed by atoms with Gasteiger partial charge in [-0.3, -0.25) is 0 Å². The van der Waals surface area contributed by atoms with Gasteiger partial charge in [-0.15, -0.1) is 0 Å². The molecule has 1 aromatic heterocycles. The normalized spacial score (nSPS) is 10.6. The van der Waals surface area contributed by atoms with E-state index < -0.39 is 5.97 Å². The predicted molar refractivity (Wildman–Crippen MR) is 92.3 cm³/mol. The number of halogens is 1. The highest BCUT2D eigenvalue weighted by atomic mass is 35.5. The average molecular weight is 344 g/mol. The molecule has 5 nitrogen and oxygen atoms in total. The number of methoxy groups -OCH3 is 2. The lowest BCUT2D eigenvalue weighted by molar-refractivity contribution is 0.0699. The fourth-order valence-corrected chi connectivity index (χ4v) is 2.69. The molecule has 1 N–H and O–H groups in total. The standard InChI is InChI=1S/C18H14ClNO4/c1-23-16-6-3-10(7-17(16)24-2)14-9-13(18(21)22)12-5-4-11(19)8-15(12)20-14/h3-9H,1-2H3,(H,21,22). The molecule has 0 aliphatic carbocycles. The summed E-state index contributed by atoms with van der Waals surface area (Å²) in [6.45, 7) is 0. The Kier molecular flexibility index (Phi) is 4.27. The first-order valence-electron chi connectivity index (χ1n) is 7.09. The molecule has 0 aliphatic rings. The Morgan fingerprint density at radius 1 is 1.04 bits per heavy atom. The predicted octanol–water partition coefficient (Wildman–Crippen LogP) is 4.27. The number of nitrogens with zero attached hydrogens (tertiary/aromatic N) is 1. The number of hydrogen-bond donors (Lipinski definition) is 1. The van der Waals surface area contributed by atoms with Gasteiger partial charge in [-0.25, -0.2) is 9.78 Å². The number of benzene rings is 2. The highest BCUT2D eigenvalue weighted by molar-refractivity contribution is 6.31. The van der Waals surface area contributed by atoms with Crippen LogP contribution in [0.4, 0.5) is 0 Å². The van der Waals surface area contributed by atoms with E-state index in [1.807, 2.05) is 0 Å². The molecule has 0 saturated carbocycles. The van der Waals surface area contributed by atoms with Crippen molar-refractivity contribution in [2.24, 2.45) is 0 Å². The lowest BCUT2D eigenvalue weighted by Crippen LogP contribution is -2.00. The van der Waals surface area contributed by atoms with Gasteiger partial charge in [0.1, 0.15) is 0 Å². The lowest BCUT2D eigenvalue weighted by Gasteiger charge is -2.11. The number of fused-ring (bicyclic) bond motifs is 1. The molecule has 0 unspecified atom stereocenters. The van der Waals surface area contributed by atoms with Gasteiger partial charge < -0.3 is 14.6 Å². The number of carboxylic acids is 1. The number of carboxylic acid groups (broad SMARTS) is 1. The summed E-state index contributed by atoms with van der Waals surface area (Å²) < 4.78 is 10.5. The first-order chi connectivity index (χ1) is 11.5. The molecule has 0 fully saturated rings. The highest BCUT2D eigenvalue weighted by Crippen LogP contribution is 2.33. The van der Waals surface area contributed by atoms with Gasteiger partial charge in [-0.2, -0.15) is 0 Å². The fraction of sp³-hybridized carbons (Fsp3) is 0.111. The summed E-state index contributed by atoms with van der Waals surface area (Å²) in [5, 5.41) is 10.5. The summed E-state index contributed by atoms with van der Waals surface area (Å²) in [7, 11) is 3.09. The van der Waals surface area contributed by atoms with Gasteiger partial charge in [0.2, 0.25) is 0 Å². The van der Waals surface area contributed by atoms with Gasteiger partial charge in [0, 0.05) is 16.0 Å². The summed E-state index contributed by atoms with van der Waals surface area (Å²) in [4.78, 5) is 16.1. The minimum absolute atomic E-state index is 0.168. The third-order valence-corrected chi connectivity index (χ3v) is 3.92. The maximum absolute atomic E-state index is 11.6. The van der Waals surface area contributed by atoms with E-state index in [-0.39, 0.29) is 5.56 Å². The Balaban J connectivity index is 2.24. The van der Waals surface area contributed by atoms with Crippen LogP contribution in [0.2, 0.25) is 5.02 Å². The summed E-state index contributed by atoms with van der Waals surface area (Å²) in [5.74, 6) is 0.106. The van der Waals surface area contributed by atoms with Crippen molar-refractivity contribution in [2.45, 2.75) is 0 Å². The monoisotopic (exact) mass is 343 g/mol. The van der Waals surface area contributed by atoms with E-state index in [0.29, 0.717) is 33.1 Å². The molecule has 24 heavy (non-hydrogen) atoms. The zero-order valence-electron chi connectivity index (χ0n) is 13.0. The van der Waals surface area contributed by atoms with Gasteiger partial charge >= 0.3 is 5.97 Å². The molecular weight excluding hydrogens is 330 g/mol. The minimum Gasteiger partial charge on any atom is -0.493 e. The van der Waals surface area contributed by atoms with Crippen LogP contribution < -0.4 is 9.47 Å². The molecule has 2 aromatic carbocycles. The molecule has 0 bridgehead atoms. The molecule has 0 atom stereocenters. The lowest BCUT2D eigenvalue weighted by atomic mass is 10.0. The van der Waals surface area contributed by atoms with Gasteiger partial charge in [0.25, 0.3) is 0 Å². The van der Waals surface area contributed by atoms with Crippen molar-refractivity contribution in [3.8, 4) is 22.8 Å². The van der Waals surface area contributed by atoms with Crippen LogP contribution >= 0.6 is 11.6 Å². The smallest absolute Gasteiger partial charge is 0.336 e. The van der Waals surface area contributed by atoms with Crippen LogP contribution in [0.1, 0.15) is 10.4 Å². The molecule has 122 valence electrons. The van der Waals surface area contributed by atoms with Gasteiger partial charge in [-0.05, 0) is 36.4 Å². The summed E-state index contributed by atoms with van der Waals surface area (Å²) in [6, 6.07) is 11.8. The first-order valence-corrected chi connectivity index (χ1v) is 7.47. The molecule has 0 spiro atoms. The van der Waals surface area contributed by atoms with Crippen LogP contribution in [0.5, 0.6) is 11.5 Å². The summed E-state index contributed by atoms with van der Waals surface area (Å²) in [5.41, 5.74) is 1.92. The number of carbonyl (C=O) groups is 1. The van der Waals surface area contributed by atoms with Crippen molar-refractivity contribution >= 4 is 28.5 Å². The van der Waals surface area contributed by atoms with Crippen LogP contribution in [0.25, 0.3) is 22.2 Å². The Bertz CT molecular complexity index is 940. The molecular formula is C18H14ClNO4. The third kappa shape index (κ3) is 2.86.